The van der Waals surface area contributed by atoms with Crippen LogP contribution >= 0.6 is 0 Å². The molecule has 0 unspecified atom stereocenters. The van der Waals surface area contributed by atoms with Crippen molar-refractivity contribution in [2.75, 3.05) is 5.75 Å². The van der Waals surface area contributed by atoms with Gasteiger partial charge < -0.3 is 11.1 Å². The largest absolute Gasteiger partial charge is 0.352 e. The van der Waals surface area contributed by atoms with Crippen molar-refractivity contribution in [3.8, 4) is 0 Å². The van der Waals surface area contributed by atoms with Crippen molar-refractivity contribution in [3.63, 3.8) is 0 Å². The molecule has 6 nitrogen and oxygen atoms in total. The van der Waals surface area contributed by atoms with Gasteiger partial charge in [0.05, 0.1) is 0 Å². The average molecular weight is 331 g/mol. The van der Waals surface area contributed by atoms with E-state index in [1.54, 1.807) is 0 Å². The Labute approximate surface area is 133 Å². The maximum absolute atomic E-state index is 12.1. The van der Waals surface area contributed by atoms with E-state index >= 15 is 0 Å². The number of nitrogens with one attached hydrogen (secondary N) is 2. The van der Waals surface area contributed by atoms with Gasteiger partial charge in [-0.1, -0.05) is 6.92 Å². The Bertz CT molecular complexity index is 464. The van der Waals surface area contributed by atoms with E-state index < -0.39 is 21.7 Å². The highest BCUT2D eigenvalue weighted by Crippen LogP contribution is 2.23. The summed E-state index contributed by atoms with van der Waals surface area (Å²) in [5.41, 5.74) is 5.82. The zero-order chi connectivity index (χ0) is 16.2. The van der Waals surface area contributed by atoms with Crippen molar-refractivity contribution in [2.45, 2.75) is 76.4 Å². The van der Waals surface area contributed by atoms with Gasteiger partial charge in [0.25, 0.3) is 0 Å². The number of hydrogen-bond acceptors (Lipinski definition) is 4. The predicted molar refractivity (Wildman–Crippen MR) is 86.7 cm³/mol. The van der Waals surface area contributed by atoms with Gasteiger partial charge in [-0.3, -0.25) is 4.79 Å². The minimum Gasteiger partial charge on any atom is -0.352 e. The third kappa shape index (κ3) is 5.85. The van der Waals surface area contributed by atoms with Gasteiger partial charge in [0.2, 0.25) is 15.9 Å². The van der Waals surface area contributed by atoms with Crippen LogP contribution in [0.15, 0.2) is 0 Å². The highest BCUT2D eigenvalue weighted by atomic mass is 32.2. The molecule has 0 heterocycles. The second-order valence-corrected chi connectivity index (χ2v) is 8.77. The molecule has 0 saturated heterocycles. The van der Waals surface area contributed by atoms with Crippen LogP contribution in [0.1, 0.15) is 58.3 Å². The van der Waals surface area contributed by atoms with E-state index in [0.717, 1.165) is 51.4 Å². The van der Waals surface area contributed by atoms with Crippen LogP contribution in [0.3, 0.4) is 0 Å². The van der Waals surface area contributed by atoms with Crippen molar-refractivity contribution in [1.82, 2.24) is 10.0 Å². The molecule has 7 heteroatoms. The molecule has 22 heavy (non-hydrogen) atoms. The summed E-state index contributed by atoms with van der Waals surface area (Å²) in [4.78, 5) is 11.9. The lowest BCUT2D eigenvalue weighted by Gasteiger charge is -2.28. The average Bonchev–Trinajstić information content (AvgIpc) is 2.43. The normalized spacial score (nSPS) is 33.4. The zero-order valence-electron chi connectivity index (χ0n) is 13.4. The molecule has 2 rings (SSSR count). The maximum atomic E-state index is 12.1. The molecule has 0 aliphatic heterocycles. The predicted octanol–water partition coefficient (Wildman–Crippen LogP) is 0.871. The highest BCUT2D eigenvalue weighted by Gasteiger charge is 2.26. The number of sulfonamides is 1. The first kappa shape index (κ1) is 17.7. The summed E-state index contributed by atoms with van der Waals surface area (Å²) in [5, 5.41) is 2.83. The van der Waals surface area contributed by atoms with Gasteiger partial charge in [0.1, 0.15) is 5.75 Å². The molecule has 2 aliphatic carbocycles. The van der Waals surface area contributed by atoms with Gasteiger partial charge >= 0.3 is 0 Å². The van der Waals surface area contributed by atoms with Crippen molar-refractivity contribution < 1.29 is 13.2 Å². The number of hydrogen-bond donors (Lipinski definition) is 3. The Morgan fingerprint density at radius 1 is 1.00 bits per heavy atom. The number of nitrogens with two attached hydrogens (primary N) is 1. The monoisotopic (exact) mass is 331 g/mol. The topological polar surface area (TPSA) is 101 Å². The molecule has 2 fully saturated rings. The molecule has 0 radical (unpaired) electrons. The number of carbonyl (C=O) groups excluding carboxylic acids is 1. The SMILES string of the molecule is CC1CCC(NS(=O)(=O)CC(=O)NC2CCC(N)CC2)CC1. The van der Waals surface area contributed by atoms with E-state index in [9.17, 15) is 13.2 Å². The number of amides is 1. The molecule has 0 aromatic heterocycles. The van der Waals surface area contributed by atoms with Gasteiger partial charge in [-0.05, 0) is 57.3 Å². The maximum Gasteiger partial charge on any atom is 0.236 e. The van der Waals surface area contributed by atoms with Gasteiger partial charge in [0.15, 0.2) is 0 Å². The third-order valence-corrected chi connectivity index (χ3v) is 6.15. The Morgan fingerprint density at radius 2 is 1.55 bits per heavy atom. The first-order valence-electron chi connectivity index (χ1n) is 8.39. The second-order valence-electron chi connectivity index (χ2n) is 7.01. The van der Waals surface area contributed by atoms with E-state index in [1.807, 2.05) is 0 Å². The van der Waals surface area contributed by atoms with Crippen LogP contribution in [0.5, 0.6) is 0 Å². The minimum atomic E-state index is -3.55. The molecule has 0 spiro atoms. The van der Waals surface area contributed by atoms with E-state index in [-0.39, 0.29) is 18.1 Å². The zero-order valence-corrected chi connectivity index (χ0v) is 14.2. The van der Waals surface area contributed by atoms with Gasteiger partial charge in [-0.15, -0.1) is 0 Å². The summed E-state index contributed by atoms with van der Waals surface area (Å²) in [5.74, 6) is -0.208. The van der Waals surface area contributed by atoms with E-state index in [0.29, 0.717) is 5.92 Å². The second kappa shape index (κ2) is 7.75. The molecule has 0 aromatic rings. The fourth-order valence-electron chi connectivity index (χ4n) is 3.38. The van der Waals surface area contributed by atoms with Gasteiger partial charge in [-0.2, -0.15) is 0 Å². The summed E-state index contributed by atoms with van der Waals surface area (Å²) in [6.07, 6.45) is 7.25. The minimum absolute atomic E-state index is 0.0123. The van der Waals surface area contributed by atoms with Gasteiger partial charge in [0, 0.05) is 18.1 Å². The number of carbonyl (C=O) groups is 1. The standard InChI is InChI=1S/C15H29N3O3S/c1-11-2-6-14(7-3-11)18-22(20,21)10-15(19)17-13-8-4-12(16)5-9-13/h11-14,18H,2-10,16H2,1H3,(H,17,19). The fraction of sp³-hybridized carbons (Fsp3) is 0.933. The molecule has 4 N–H and O–H groups in total. The van der Waals surface area contributed by atoms with Crippen molar-refractivity contribution >= 4 is 15.9 Å². The Balaban J connectivity index is 1.74. The van der Waals surface area contributed by atoms with Crippen LogP contribution in [0.4, 0.5) is 0 Å². The highest BCUT2D eigenvalue weighted by molar-refractivity contribution is 7.90. The first-order valence-corrected chi connectivity index (χ1v) is 10.0. The van der Waals surface area contributed by atoms with E-state index in [1.165, 1.54) is 0 Å². The lowest BCUT2D eigenvalue weighted by molar-refractivity contribution is -0.119. The molecule has 2 aliphatic rings. The summed E-state index contributed by atoms with van der Waals surface area (Å²) < 4.78 is 26.9. The molecular weight excluding hydrogens is 302 g/mol. The fourth-order valence-corrected chi connectivity index (χ4v) is 4.63. The van der Waals surface area contributed by atoms with E-state index in [2.05, 4.69) is 17.0 Å². The summed E-state index contributed by atoms with van der Waals surface area (Å²) in [6.45, 7) is 2.19. The molecule has 0 atom stereocenters. The van der Waals surface area contributed by atoms with Crippen LogP contribution in [-0.4, -0.2) is 38.2 Å². The smallest absolute Gasteiger partial charge is 0.236 e. The van der Waals surface area contributed by atoms with Crippen molar-refractivity contribution in [3.05, 3.63) is 0 Å². The van der Waals surface area contributed by atoms with Crippen LogP contribution in [0, 0.1) is 5.92 Å². The van der Waals surface area contributed by atoms with Crippen molar-refractivity contribution in [1.29, 1.82) is 0 Å². The quantitative estimate of drug-likeness (QED) is 0.696. The summed E-state index contributed by atoms with van der Waals surface area (Å²) in [7, 11) is -3.55. The Hall–Kier alpha value is -0.660. The molecule has 1 amide bonds. The van der Waals surface area contributed by atoms with Gasteiger partial charge in [-0.25, -0.2) is 13.1 Å². The Morgan fingerprint density at radius 3 is 2.14 bits per heavy atom. The lowest BCUT2D eigenvalue weighted by atomic mass is 9.88. The van der Waals surface area contributed by atoms with Crippen LogP contribution in [0.2, 0.25) is 0 Å². The van der Waals surface area contributed by atoms with Crippen LogP contribution < -0.4 is 15.8 Å². The summed E-state index contributed by atoms with van der Waals surface area (Å²) >= 11 is 0. The number of rotatable bonds is 5. The molecule has 0 aromatic carbocycles. The van der Waals surface area contributed by atoms with Crippen LogP contribution in [-0.2, 0) is 14.8 Å². The third-order valence-electron chi connectivity index (χ3n) is 4.82. The molecule has 128 valence electrons. The van der Waals surface area contributed by atoms with E-state index in [4.69, 9.17) is 5.73 Å². The lowest BCUT2D eigenvalue weighted by Crippen LogP contribution is -2.46. The van der Waals surface area contributed by atoms with Crippen molar-refractivity contribution in [2.24, 2.45) is 11.7 Å². The molecular formula is C15H29N3O3S. The first-order chi connectivity index (χ1) is 10.3. The summed E-state index contributed by atoms with van der Waals surface area (Å²) in [6, 6.07) is 0.270. The molecule has 0 bridgehead atoms. The molecule has 2 saturated carbocycles. The van der Waals surface area contributed by atoms with Crippen LogP contribution in [0.25, 0.3) is 0 Å². The Kier molecular flexibility index (Phi) is 6.23.